The van der Waals surface area contributed by atoms with Crippen molar-refractivity contribution < 1.29 is 14.3 Å². The van der Waals surface area contributed by atoms with Crippen molar-refractivity contribution in [3.05, 3.63) is 54.1 Å². The maximum atomic E-state index is 12.0. The summed E-state index contributed by atoms with van der Waals surface area (Å²) >= 11 is 0. The summed E-state index contributed by atoms with van der Waals surface area (Å²) in [6.45, 7) is 4.15. The lowest BCUT2D eigenvalue weighted by atomic mass is 10.0. The third-order valence-electron chi connectivity index (χ3n) is 3.27. The first kappa shape index (κ1) is 15.9. The summed E-state index contributed by atoms with van der Waals surface area (Å²) in [6, 6.07) is 15.0. The Kier molecular flexibility index (Phi) is 5.42. The van der Waals surface area contributed by atoms with E-state index in [0.29, 0.717) is 17.4 Å². The second kappa shape index (κ2) is 7.50. The van der Waals surface area contributed by atoms with Gasteiger partial charge in [-0.15, -0.1) is 0 Å². The summed E-state index contributed by atoms with van der Waals surface area (Å²) < 4.78 is 10.6. The molecule has 116 valence electrons. The minimum Gasteiger partial charge on any atom is -0.497 e. The highest BCUT2D eigenvalue weighted by atomic mass is 16.5. The van der Waals surface area contributed by atoms with Crippen molar-refractivity contribution in [2.24, 2.45) is 0 Å². The monoisotopic (exact) mass is 299 g/mol. The molecule has 1 amide bonds. The van der Waals surface area contributed by atoms with Crippen LogP contribution < -0.4 is 14.8 Å². The number of methoxy groups -OCH3 is 1. The van der Waals surface area contributed by atoms with Crippen molar-refractivity contribution in [3.63, 3.8) is 0 Å². The summed E-state index contributed by atoms with van der Waals surface area (Å²) in [5.41, 5.74) is 1.94. The van der Waals surface area contributed by atoms with Gasteiger partial charge in [-0.1, -0.05) is 38.1 Å². The fourth-order valence-corrected chi connectivity index (χ4v) is 2.14. The molecule has 0 aliphatic rings. The van der Waals surface area contributed by atoms with E-state index in [1.807, 2.05) is 36.4 Å². The summed E-state index contributed by atoms with van der Waals surface area (Å²) in [6.07, 6.45) is 0. The topological polar surface area (TPSA) is 47.6 Å². The van der Waals surface area contributed by atoms with Crippen LogP contribution in [0.25, 0.3) is 0 Å². The van der Waals surface area contributed by atoms with Gasteiger partial charge in [0.05, 0.1) is 7.11 Å². The summed E-state index contributed by atoms with van der Waals surface area (Å²) in [5.74, 6) is 1.46. The van der Waals surface area contributed by atoms with E-state index in [2.05, 4.69) is 19.2 Å². The Morgan fingerprint density at radius 2 is 1.82 bits per heavy atom. The van der Waals surface area contributed by atoms with Crippen LogP contribution in [0.3, 0.4) is 0 Å². The van der Waals surface area contributed by atoms with E-state index in [-0.39, 0.29) is 12.5 Å². The molecule has 2 rings (SSSR count). The average molecular weight is 299 g/mol. The van der Waals surface area contributed by atoms with E-state index in [1.165, 1.54) is 0 Å². The lowest BCUT2D eigenvalue weighted by molar-refractivity contribution is -0.118. The zero-order valence-corrected chi connectivity index (χ0v) is 13.1. The zero-order valence-electron chi connectivity index (χ0n) is 13.1. The summed E-state index contributed by atoms with van der Waals surface area (Å²) in [7, 11) is 1.59. The molecule has 4 nitrogen and oxygen atoms in total. The minimum absolute atomic E-state index is 0.0421. The molecule has 2 aromatic carbocycles. The molecule has 0 radical (unpaired) electrons. The second-order valence-corrected chi connectivity index (χ2v) is 5.26. The van der Waals surface area contributed by atoms with Crippen molar-refractivity contribution in [1.82, 2.24) is 0 Å². The highest BCUT2D eigenvalue weighted by Crippen LogP contribution is 2.23. The first-order valence-electron chi connectivity index (χ1n) is 7.25. The van der Waals surface area contributed by atoms with E-state index in [9.17, 15) is 4.79 Å². The van der Waals surface area contributed by atoms with Crippen molar-refractivity contribution in [3.8, 4) is 11.5 Å². The van der Waals surface area contributed by atoms with Gasteiger partial charge in [0.15, 0.2) is 6.61 Å². The maximum absolute atomic E-state index is 12.0. The summed E-state index contributed by atoms with van der Waals surface area (Å²) in [4.78, 5) is 12.0. The standard InChI is InChI=1S/C18H21NO3/c1-13(2)16-9-4-5-10-17(16)19-18(20)12-22-15-8-6-7-14(11-15)21-3/h4-11,13H,12H2,1-3H3,(H,19,20). The number of anilines is 1. The van der Waals surface area contributed by atoms with Crippen LogP contribution in [0.2, 0.25) is 0 Å². The highest BCUT2D eigenvalue weighted by molar-refractivity contribution is 5.92. The first-order chi connectivity index (χ1) is 10.6. The van der Waals surface area contributed by atoms with Crippen LogP contribution in [-0.4, -0.2) is 19.6 Å². The van der Waals surface area contributed by atoms with Gasteiger partial charge in [-0.2, -0.15) is 0 Å². The van der Waals surface area contributed by atoms with Crippen LogP contribution in [0.15, 0.2) is 48.5 Å². The molecule has 0 atom stereocenters. The number of benzene rings is 2. The minimum atomic E-state index is -0.184. The van der Waals surface area contributed by atoms with E-state index in [4.69, 9.17) is 9.47 Å². The quantitative estimate of drug-likeness (QED) is 0.881. The predicted octanol–water partition coefficient (Wildman–Crippen LogP) is 3.84. The molecule has 0 spiro atoms. The highest BCUT2D eigenvalue weighted by Gasteiger charge is 2.09. The lowest BCUT2D eigenvalue weighted by Crippen LogP contribution is -2.21. The van der Waals surface area contributed by atoms with E-state index < -0.39 is 0 Å². The number of para-hydroxylation sites is 1. The van der Waals surface area contributed by atoms with Crippen LogP contribution in [-0.2, 0) is 4.79 Å². The molecular formula is C18H21NO3. The van der Waals surface area contributed by atoms with Crippen molar-refractivity contribution in [2.45, 2.75) is 19.8 Å². The normalized spacial score (nSPS) is 10.4. The third-order valence-corrected chi connectivity index (χ3v) is 3.27. The Morgan fingerprint density at radius 3 is 2.55 bits per heavy atom. The average Bonchev–Trinajstić information content (AvgIpc) is 2.53. The van der Waals surface area contributed by atoms with Crippen LogP contribution in [0, 0.1) is 0 Å². The molecule has 0 saturated carbocycles. The Bertz CT molecular complexity index is 638. The predicted molar refractivity (Wildman–Crippen MR) is 87.6 cm³/mol. The number of nitrogens with one attached hydrogen (secondary N) is 1. The van der Waals surface area contributed by atoms with Gasteiger partial charge < -0.3 is 14.8 Å². The number of amides is 1. The van der Waals surface area contributed by atoms with Crippen molar-refractivity contribution >= 4 is 11.6 Å². The molecule has 2 aromatic rings. The Hall–Kier alpha value is -2.49. The zero-order chi connectivity index (χ0) is 15.9. The third kappa shape index (κ3) is 4.25. The molecule has 0 fully saturated rings. The maximum Gasteiger partial charge on any atom is 0.262 e. The van der Waals surface area contributed by atoms with Crippen LogP contribution in [0.1, 0.15) is 25.3 Å². The van der Waals surface area contributed by atoms with Crippen LogP contribution in [0.4, 0.5) is 5.69 Å². The van der Waals surface area contributed by atoms with Gasteiger partial charge in [-0.05, 0) is 29.7 Å². The van der Waals surface area contributed by atoms with E-state index in [1.54, 1.807) is 19.2 Å². The Morgan fingerprint density at radius 1 is 1.09 bits per heavy atom. The summed E-state index contributed by atoms with van der Waals surface area (Å²) in [5, 5.41) is 2.90. The molecule has 22 heavy (non-hydrogen) atoms. The number of ether oxygens (including phenoxy) is 2. The molecule has 0 bridgehead atoms. The first-order valence-corrected chi connectivity index (χ1v) is 7.25. The van der Waals surface area contributed by atoms with Gasteiger partial charge in [0.25, 0.3) is 5.91 Å². The number of hydrogen-bond acceptors (Lipinski definition) is 3. The Balaban J connectivity index is 1.96. The Labute approximate surface area is 131 Å². The smallest absolute Gasteiger partial charge is 0.262 e. The van der Waals surface area contributed by atoms with Crippen molar-refractivity contribution in [2.75, 3.05) is 19.0 Å². The molecular weight excluding hydrogens is 278 g/mol. The second-order valence-electron chi connectivity index (χ2n) is 5.26. The molecule has 0 heterocycles. The molecule has 0 aromatic heterocycles. The van der Waals surface area contributed by atoms with Gasteiger partial charge in [-0.3, -0.25) is 4.79 Å². The number of hydrogen-bond donors (Lipinski definition) is 1. The number of rotatable bonds is 6. The SMILES string of the molecule is COc1cccc(OCC(=O)Nc2ccccc2C(C)C)c1. The number of carbonyl (C=O) groups excluding carboxylic acids is 1. The van der Waals surface area contributed by atoms with E-state index in [0.717, 1.165) is 11.3 Å². The number of carbonyl (C=O) groups is 1. The largest absolute Gasteiger partial charge is 0.497 e. The molecule has 0 unspecified atom stereocenters. The molecule has 0 aliphatic heterocycles. The van der Waals surface area contributed by atoms with Crippen LogP contribution >= 0.6 is 0 Å². The molecule has 0 aliphatic carbocycles. The van der Waals surface area contributed by atoms with Crippen molar-refractivity contribution in [1.29, 1.82) is 0 Å². The molecule has 4 heteroatoms. The van der Waals surface area contributed by atoms with Gasteiger partial charge in [0.1, 0.15) is 11.5 Å². The van der Waals surface area contributed by atoms with Crippen LogP contribution in [0.5, 0.6) is 11.5 Å². The molecule has 1 N–H and O–H groups in total. The van der Waals surface area contributed by atoms with E-state index >= 15 is 0 Å². The van der Waals surface area contributed by atoms with Gasteiger partial charge in [-0.25, -0.2) is 0 Å². The molecule has 0 saturated heterocycles. The fraction of sp³-hybridized carbons (Fsp3) is 0.278. The fourth-order valence-electron chi connectivity index (χ4n) is 2.14. The lowest BCUT2D eigenvalue weighted by Gasteiger charge is -2.14. The van der Waals surface area contributed by atoms with Gasteiger partial charge in [0.2, 0.25) is 0 Å². The van der Waals surface area contributed by atoms with Gasteiger partial charge >= 0.3 is 0 Å². The van der Waals surface area contributed by atoms with Gasteiger partial charge in [0, 0.05) is 11.8 Å².